The minimum Gasteiger partial charge on any atom is -0.465 e. The minimum absolute atomic E-state index is 0.249. The van der Waals surface area contributed by atoms with Gasteiger partial charge in [-0.2, -0.15) is 10.2 Å². The number of pyridine rings is 1. The van der Waals surface area contributed by atoms with Crippen LogP contribution in [-0.4, -0.2) is 57.4 Å². The van der Waals surface area contributed by atoms with Gasteiger partial charge >= 0.3 is 5.97 Å². The molecule has 0 unspecified atom stereocenters. The van der Waals surface area contributed by atoms with E-state index in [1.807, 2.05) is 18.3 Å². The average molecular weight is 330 g/mol. The average Bonchev–Trinajstić information content (AvgIpc) is 3.20. The molecule has 0 saturated carbocycles. The lowest BCUT2D eigenvalue weighted by atomic mass is 10.1. The number of fused-ring (bicyclic) bond motifs is 1. The Morgan fingerprint density at radius 1 is 1.29 bits per heavy atom. The van der Waals surface area contributed by atoms with Crippen molar-refractivity contribution in [1.29, 1.82) is 0 Å². The van der Waals surface area contributed by atoms with Crippen molar-refractivity contribution in [3.05, 3.63) is 42.5 Å². The highest BCUT2D eigenvalue weighted by Gasteiger charge is 2.14. The Morgan fingerprint density at radius 2 is 2.12 bits per heavy atom. The van der Waals surface area contributed by atoms with E-state index in [-0.39, 0.29) is 6.61 Å². The van der Waals surface area contributed by atoms with Crippen molar-refractivity contribution in [3.63, 3.8) is 0 Å². The number of rotatable bonds is 6. The predicted molar refractivity (Wildman–Crippen MR) is 85.6 cm³/mol. The van der Waals surface area contributed by atoms with Crippen molar-refractivity contribution in [2.24, 2.45) is 0 Å². The minimum atomic E-state index is -0.619. The molecule has 0 aliphatic carbocycles. The van der Waals surface area contributed by atoms with Gasteiger partial charge in [0.1, 0.15) is 5.56 Å². The van der Waals surface area contributed by atoms with E-state index in [9.17, 15) is 9.90 Å². The Morgan fingerprint density at radius 3 is 2.88 bits per heavy atom. The molecule has 126 valence electrons. The number of aromatic nitrogens is 4. The van der Waals surface area contributed by atoms with Crippen LogP contribution in [0.3, 0.4) is 0 Å². The maximum Gasteiger partial charge on any atom is 0.341 e. The van der Waals surface area contributed by atoms with Gasteiger partial charge in [-0.25, -0.2) is 9.31 Å². The first-order chi connectivity index (χ1) is 11.6. The summed E-state index contributed by atoms with van der Waals surface area (Å²) in [7, 11) is 2.88. The second-order valence-corrected chi connectivity index (χ2v) is 5.36. The van der Waals surface area contributed by atoms with Crippen LogP contribution in [0.1, 0.15) is 10.4 Å². The molecule has 1 atom stereocenters. The summed E-state index contributed by atoms with van der Waals surface area (Å²) in [4.78, 5) is 11.8. The van der Waals surface area contributed by atoms with Crippen molar-refractivity contribution in [2.75, 3.05) is 20.8 Å². The molecule has 0 fully saturated rings. The van der Waals surface area contributed by atoms with Crippen LogP contribution in [0.15, 0.2) is 36.9 Å². The van der Waals surface area contributed by atoms with Crippen molar-refractivity contribution >= 4 is 11.5 Å². The first-order valence-corrected chi connectivity index (χ1v) is 7.38. The number of aliphatic hydroxyl groups excluding tert-OH is 1. The van der Waals surface area contributed by atoms with Crippen LogP contribution in [0.4, 0.5) is 0 Å². The molecule has 0 aliphatic rings. The molecule has 1 N–H and O–H groups in total. The van der Waals surface area contributed by atoms with Gasteiger partial charge in [0.2, 0.25) is 0 Å². The zero-order valence-electron chi connectivity index (χ0n) is 13.4. The van der Waals surface area contributed by atoms with E-state index in [0.29, 0.717) is 17.6 Å². The maximum absolute atomic E-state index is 11.8. The molecule has 3 aromatic rings. The molecule has 0 bridgehead atoms. The van der Waals surface area contributed by atoms with E-state index < -0.39 is 12.1 Å². The van der Waals surface area contributed by atoms with Gasteiger partial charge in [0.25, 0.3) is 0 Å². The molecule has 3 aromatic heterocycles. The third-order valence-corrected chi connectivity index (χ3v) is 3.65. The summed E-state index contributed by atoms with van der Waals surface area (Å²) in [5, 5.41) is 18.2. The molecule has 8 nitrogen and oxygen atoms in total. The molecule has 0 aromatic carbocycles. The number of hydrogen-bond donors (Lipinski definition) is 1. The van der Waals surface area contributed by atoms with Crippen LogP contribution in [0.5, 0.6) is 0 Å². The number of hydrogen-bond acceptors (Lipinski definition) is 6. The largest absolute Gasteiger partial charge is 0.465 e. The SMILES string of the molecule is COC[C@@H](O)Cn1cc(-c2ccn3ncc(C(=O)OC)c3c2)cn1. The predicted octanol–water partition coefficient (Wildman–Crippen LogP) is 0.992. The fourth-order valence-electron chi connectivity index (χ4n) is 2.50. The first kappa shape index (κ1) is 16.2. The van der Waals surface area contributed by atoms with E-state index in [0.717, 1.165) is 11.1 Å². The topological polar surface area (TPSA) is 90.9 Å². The molecule has 0 aliphatic heterocycles. The first-order valence-electron chi connectivity index (χ1n) is 7.38. The number of nitrogens with zero attached hydrogens (tertiary/aromatic N) is 4. The van der Waals surface area contributed by atoms with E-state index in [2.05, 4.69) is 10.2 Å². The Labute approximate surface area is 138 Å². The highest BCUT2D eigenvalue weighted by atomic mass is 16.5. The molecule has 0 spiro atoms. The molecule has 3 heterocycles. The molecular weight excluding hydrogens is 312 g/mol. The third-order valence-electron chi connectivity index (χ3n) is 3.65. The smallest absolute Gasteiger partial charge is 0.341 e. The van der Waals surface area contributed by atoms with E-state index in [1.165, 1.54) is 20.4 Å². The second kappa shape index (κ2) is 6.81. The summed E-state index contributed by atoms with van der Waals surface area (Å²) >= 11 is 0. The van der Waals surface area contributed by atoms with Gasteiger partial charge in [0.05, 0.1) is 44.3 Å². The van der Waals surface area contributed by atoms with E-state index in [1.54, 1.807) is 21.6 Å². The molecule has 3 rings (SSSR count). The summed E-state index contributed by atoms with van der Waals surface area (Å²) in [6.07, 6.45) is 6.17. The van der Waals surface area contributed by atoms with Gasteiger partial charge < -0.3 is 14.6 Å². The summed E-state index contributed by atoms with van der Waals surface area (Å²) in [6.45, 7) is 0.593. The molecular formula is C16H18N4O4. The zero-order valence-corrected chi connectivity index (χ0v) is 13.4. The van der Waals surface area contributed by atoms with Crippen LogP contribution in [0.2, 0.25) is 0 Å². The maximum atomic E-state index is 11.8. The van der Waals surface area contributed by atoms with Gasteiger partial charge in [-0.3, -0.25) is 4.68 Å². The fourth-order valence-corrected chi connectivity index (χ4v) is 2.50. The van der Waals surface area contributed by atoms with Crippen LogP contribution in [0, 0.1) is 0 Å². The Bertz CT molecular complexity index is 855. The third kappa shape index (κ3) is 3.15. The van der Waals surface area contributed by atoms with Crippen molar-refractivity contribution < 1.29 is 19.4 Å². The summed E-state index contributed by atoms with van der Waals surface area (Å²) in [6, 6.07) is 3.74. The van der Waals surface area contributed by atoms with Crippen LogP contribution in [0.25, 0.3) is 16.6 Å². The fraction of sp³-hybridized carbons (Fsp3) is 0.312. The normalized spacial score (nSPS) is 12.5. The lowest BCUT2D eigenvalue weighted by Crippen LogP contribution is -2.21. The quantitative estimate of drug-likeness (QED) is 0.678. The highest BCUT2D eigenvalue weighted by Crippen LogP contribution is 2.22. The summed E-state index contributed by atoms with van der Waals surface area (Å²) < 4.78 is 12.9. The summed E-state index contributed by atoms with van der Waals surface area (Å²) in [5.74, 6) is -0.430. The van der Waals surface area contributed by atoms with E-state index >= 15 is 0 Å². The molecule has 24 heavy (non-hydrogen) atoms. The van der Waals surface area contributed by atoms with Crippen LogP contribution in [-0.2, 0) is 16.0 Å². The Balaban J connectivity index is 1.89. The van der Waals surface area contributed by atoms with Crippen LogP contribution < -0.4 is 0 Å². The number of esters is 1. The lowest BCUT2D eigenvalue weighted by molar-refractivity contribution is 0.0514. The molecule has 8 heteroatoms. The number of carbonyl (C=O) groups excluding carboxylic acids is 1. The van der Waals surface area contributed by atoms with Gasteiger partial charge in [0, 0.05) is 25.1 Å². The Kier molecular flexibility index (Phi) is 4.59. The van der Waals surface area contributed by atoms with Crippen LogP contribution >= 0.6 is 0 Å². The molecule has 0 amide bonds. The molecule has 0 saturated heterocycles. The monoisotopic (exact) mass is 330 g/mol. The van der Waals surface area contributed by atoms with Crippen molar-refractivity contribution in [1.82, 2.24) is 19.4 Å². The van der Waals surface area contributed by atoms with Gasteiger partial charge in [-0.15, -0.1) is 0 Å². The van der Waals surface area contributed by atoms with Crippen molar-refractivity contribution in [3.8, 4) is 11.1 Å². The standard InChI is InChI=1S/C16H18N4O4/c1-23-10-13(21)9-19-8-12(6-17-19)11-3-4-20-15(5-11)14(7-18-20)16(22)24-2/h3-8,13,21H,9-10H2,1-2H3/t13-/m0/s1. The number of ether oxygens (including phenoxy) is 2. The van der Waals surface area contributed by atoms with Gasteiger partial charge in [-0.1, -0.05) is 0 Å². The number of aliphatic hydroxyl groups is 1. The summed E-state index contributed by atoms with van der Waals surface area (Å²) in [5.41, 5.74) is 2.83. The Hall–Kier alpha value is -2.71. The lowest BCUT2D eigenvalue weighted by Gasteiger charge is -2.08. The van der Waals surface area contributed by atoms with Gasteiger partial charge in [0.15, 0.2) is 0 Å². The second-order valence-electron chi connectivity index (χ2n) is 5.36. The van der Waals surface area contributed by atoms with Gasteiger partial charge in [-0.05, 0) is 17.7 Å². The van der Waals surface area contributed by atoms with Crippen molar-refractivity contribution in [2.45, 2.75) is 12.6 Å². The van der Waals surface area contributed by atoms with E-state index in [4.69, 9.17) is 9.47 Å². The zero-order chi connectivity index (χ0) is 17.1. The number of carbonyl (C=O) groups is 1. The highest BCUT2D eigenvalue weighted by molar-refractivity contribution is 5.97. The molecule has 0 radical (unpaired) electrons. The number of methoxy groups -OCH3 is 2.